The van der Waals surface area contributed by atoms with Crippen molar-refractivity contribution >= 4 is 21.9 Å². The molecule has 96 valence electrons. The van der Waals surface area contributed by atoms with E-state index < -0.39 is 12.1 Å². The molecule has 1 aliphatic rings. The topological polar surface area (TPSA) is 48.4 Å². The van der Waals surface area contributed by atoms with Crippen LogP contribution in [0.15, 0.2) is 47.1 Å². The van der Waals surface area contributed by atoms with Gasteiger partial charge in [-0.2, -0.15) is 0 Å². The van der Waals surface area contributed by atoms with Crippen LogP contribution >= 0.6 is 15.9 Å². The number of halogens is 1. The zero-order valence-electron chi connectivity index (χ0n) is 9.88. The summed E-state index contributed by atoms with van der Waals surface area (Å²) in [5.74, 6) is 0.114. The average molecular weight is 320 g/mol. The Morgan fingerprint density at radius 1 is 1.26 bits per heavy atom. The lowest BCUT2D eigenvalue weighted by Gasteiger charge is -2.15. The molecule has 19 heavy (non-hydrogen) atoms. The molecule has 5 heteroatoms. The predicted molar refractivity (Wildman–Crippen MR) is 71.8 cm³/mol. The summed E-state index contributed by atoms with van der Waals surface area (Å²) in [6, 6.07) is 11.0. The van der Waals surface area contributed by atoms with Gasteiger partial charge in [0.25, 0.3) is 0 Å². The first-order valence-corrected chi connectivity index (χ1v) is 6.56. The number of esters is 1. The first-order chi connectivity index (χ1) is 9.24. The minimum atomic E-state index is -0.403. The van der Waals surface area contributed by atoms with Crippen LogP contribution < -0.4 is 4.74 Å². The highest BCUT2D eigenvalue weighted by molar-refractivity contribution is 9.10. The Labute approximate surface area is 118 Å². The van der Waals surface area contributed by atoms with Crippen LogP contribution in [-0.4, -0.2) is 17.6 Å². The number of nitrogens with zero attached hydrogens (tertiary/aromatic N) is 1. The third-order valence-electron chi connectivity index (χ3n) is 2.80. The summed E-state index contributed by atoms with van der Waals surface area (Å²) < 4.78 is 11.8. The third-order valence-corrected chi connectivity index (χ3v) is 3.30. The first-order valence-electron chi connectivity index (χ1n) is 5.77. The molecule has 1 unspecified atom stereocenters. The van der Waals surface area contributed by atoms with Gasteiger partial charge < -0.3 is 9.47 Å². The normalized spacial score (nSPS) is 18.4. The van der Waals surface area contributed by atoms with Crippen molar-refractivity contribution < 1.29 is 14.3 Å². The van der Waals surface area contributed by atoms with Crippen LogP contribution in [0.3, 0.4) is 0 Å². The number of ether oxygens (including phenoxy) is 2. The highest BCUT2D eigenvalue weighted by Gasteiger charge is 2.26. The lowest BCUT2D eigenvalue weighted by Crippen LogP contribution is -2.13. The van der Waals surface area contributed by atoms with E-state index in [0.717, 1.165) is 15.7 Å². The summed E-state index contributed by atoms with van der Waals surface area (Å²) >= 11 is 3.41. The summed E-state index contributed by atoms with van der Waals surface area (Å²) in [5, 5.41) is 0. The van der Waals surface area contributed by atoms with Crippen LogP contribution in [0.5, 0.6) is 5.75 Å². The Morgan fingerprint density at radius 2 is 2.16 bits per heavy atom. The van der Waals surface area contributed by atoms with E-state index in [4.69, 9.17) is 9.47 Å². The van der Waals surface area contributed by atoms with Gasteiger partial charge in [-0.15, -0.1) is 0 Å². The van der Waals surface area contributed by atoms with Gasteiger partial charge >= 0.3 is 5.97 Å². The minimum absolute atomic E-state index is 0.0897. The molecule has 0 saturated heterocycles. The maximum Gasteiger partial charge on any atom is 0.337 e. The molecular weight excluding hydrogens is 310 g/mol. The molecule has 0 aliphatic carbocycles. The smallest absolute Gasteiger partial charge is 0.337 e. The van der Waals surface area contributed by atoms with Gasteiger partial charge in [0.2, 0.25) is 0 Å². The van der Waals surface area contributed by atoms with Crippen LogP contribution in [0.25, 0.3) is 0 Å². The van der Waals surface area contributed by atoms with Gasteiger partial charge in [0.1, 0.15) is 18.5 Å². The Bertz CT molecular complexity index is 615. The maximum absolute atomic E-state index is 11.5. The minimum Gasteiger partial charge on any atom is -0.424 e. The largest absolute Gasteiger partial charge is 0.424 e. The molecule has 1 atom stereocenters. The van der Waals surface area contributed by atoms with E-state index in [1.165, 1.54) is 0 Å². The number of pyridine rings is 1. The quantitative estimate of drug-likeness (QED) is 0.599. The second kappa shape index (κ2) is 5.11. The number of aromatic nitrogens is 1. The van der Waals surface area contributed by atoms with Crippen molar-refractivity contribution in [2.45, 2.75) is 6.10 Å². The van der Waals surface area contributed by atoms with Crippen molar-refractivity contribution in [2.75, 3.05) is 6.61 Å². The van der Waals surface area contributed by atoms with Crippen molar-refractivity contribution in [1.29, 1.82) is 0 Å². The molecule has 1 aromatic heterocycles. The highest BCUT2D eigenvalue weighted by Crippen LogP contribution is 2.35. The summed E-state index contributed by atoms with van der Waals surface area (Å²) in [6.45, 7) is -0.0897. The van der Waals surface area contributed by atoms with Crippen molar-refractivity contribution in [1.82, 2.24) is 4.98 Å². The Morgan fingerprint density at radius 3 is 2.95 bits per heavy atom. The lowest BCUT2D eigenvalue weighted by atomic mass is 10.0. The van der Waals surface area contributed by atoms with Crippen molar-refractivity contribution in [2.24, 2.45) is 0 Å². The standard InChI is InChI=1S/C14H10BrNO3/c15-9-4-5-12-10(7-9)14(18-8-13(17)19-12)11-3-1-2-6-16-11/h1-7,14H,8H2. The SMILES string of the molecule is O=C1COC(c2ccccn2)c2cc(Br)ccc2O1. The number of carbonyl (C=O) groups excluding carboxylic acids is 1. The molecule has 0 radical (unpaired) electrons. The van der Waals surface area contributed by atoms with Crippen LogP contribution in [-0.2, 0) is 9.53 Å². The average Bonchev–Trinajstić information content (AvgIpc) is 2.58. The molecule has 2 aromatic rings. The van der Waals surface area contributed by atoms with E-state index in [2.05, 4.69) is 20.9 Å². The van der Waals surface area contributed by atoms with Crippen LogP contribution in [0.4, 0.5) is 0 Å². The third kappa shape index (κ3) is 2.52. The number of hydrogen-bond acceptors (Lipinski definition) is 4. The number of hydrogen-bond donors (Lipinski definition) is 0. The van der Waals surface area contributed by atoms with Gasteiger partial charge in [-0.05, 0) is 30.3 Å². The molecule has 3 rings (SSSR count). The van der Waals surface area contributed by atoms with E-state index in [1.807, 2.05) is 30.3 Å². The van der Waals surface area contributed by atoms with Gasteiger partial charge in [-0.25, -0.2) is 4.79 Å². The van der Waals surface area contributed by atoms with Crippen LogP contribution in [0.1, 0.15) is 17.4 Å². The maximum atomic E-state index is 11.5. The molecule has 0 fully saturated rings. The van der Waals surface area contributed by atoms with E-state index in [-0.39, 0.29) is 6.61 Å². The zero-order chi connectivity index (χ0) is 13.2. The second-order valence-electron chi connectivity index (χ2n) is 4.10. The number of rotatable bonds is 1. The molecule has 0 amide bonds. The number of benzene rings is 1. The van der Waals surface area contributed by atoms with E-state index >= 15 is 0 Å². The summed E-state index contributed by atoms with van der Waals surface area (Å²) in [5.41, 5.74) is 1.54. The molecular formula is C14H10BrNO3. The molecule has 1 aromatic carbocycles. The fourth-order valence-corrected chi connectivity index (χ4v) is 2.36. The highest BCUT2D eigenvalue weighted by atomic mass is 79.9. The van der Waals surface area contributed by atoms with Gasteiger partial charge in [-0.3, -0.25) is 4.98 Å². The van der Waals surface area contributed by atoms with Gasteiger partial charge in [0.05, 0.1) is 5.69 Å². The van der Waals surface area contributed by atoms with Crippen LogP contribution in [0.2, 0.25) is 0 Å². The molecule has 1 aliphatic heterocycles. The van der Waals surface area contributed by atoms with Gasteiger partial charge in [0.15, 0.2) is 0 Å². The van der Waals surface area contributed by atoms with E-state index in [0.29, 0.717) is 5.75 Å². The molecule has 0 saturated carbocycles. The summed E-state index contributed by atoms with van der Waals surface area (Å²) in [7, 11) is 0. The van der Waals surface area contributed by atoms with E-state index in [9.17, 15) is 4.79 Å². The van der Waals surface area contributed by atoms with Gasteiger partial charge in [-0.1, -0.05) is 22.0 Å². The number of fused-ring (bicyclic) bond motifs is 1. The van der Waals surface area contributed by atoms with Crippen molar-refractivity contribution in [3.05, 3.63) is 58.3 Å². The monoisotopic (exact) mass is 319 g/mol. The summed E-state index contributed by atoms with van der Waals surface area (Å²) in [4.78, 5) is 15.8. The zero-order valence-corrected chi connectivity index (χ0v) is 11.5. The Balaban J connectivity index is 2.11. The van der Waals surface area contributed by atoms with Crippen LogP contribution in [0, 0.1) is 0 Å². The fraction of sp³-hybridized carbons (Fsp3) is 0.143. The number of carbonyl (C=O) groups is 1. The predicted octanol–water partition coefficient (Wildman–Crippen LogP) is 2.87. The Hall–Kier alpha value is -1.72. The fourth-order valence-electron chi connectivity index (χ4n) is 1.99. The second-order valence-corrected chi connectivity index (χ2v) is 5.02. The first kappa shape index (κ1) is 12.3. The summed E-state index contributed by atoms with van der Waals surface area (Å²) in [6.07, 6.45) is 1.30. The lowest BCUT2D eigenvalue weighted by molar-refractivity contribution is -0.139. The Kier molecular flexibility index (Phi) is 3.31. The van der Waals surface area contributed by atoms with Crippen molar-refractivity contribution in [3.63, 3.8) is 0 Å². The molecule has 0 spiro atoms. The van der Waals surface area contributed by atoms with Gasteiger partial charge in [0, 0.05) is 16.2 Å². The molecule has 2 heterocycles. The molecule has 4 nitrogen and oxygen atoms in total. The molecule has 0 N–H and O–H groups in total. The van der Waals surface area contributed by atoms with Crippen molar-refractivity contribution in [3.8, 4) is 5.75 Å². The molecule has 0 bridgehead atoms. The van der Waals surface area contributed by atoms with E-state index in [1.54, 1.807) is 12.3 Å².